The van der Waals surface area contributed by atoms with Gasteiger partial charge in [0.1, 0.15) is 0 Å². The predicted molar refractivity (Wildman–Crippen MR) is 105 cm³/mol. The van der Waals surface area contributed by atoms with Crippen LogP contribution in [0, 0.1) is 0 Å². The molecule has 2 aromatic carbocycles. The molecule has 0 spiro atoms. The molecule has 28 heavy (non-hydrogen) atoms. The van der Waals surface area contributed by atoms with E-state index in [1.807, 2.05) is 0 Å². The first kappa shape index (κ1) is 20.6. The van der Waals surface area contributed by atoms with Crippen LogP contribution in [-0.4, -0.2) is 21.8 Å². The molecule has 146 valence electrons. The van der Waals surface area contributed by atoms with Gasteiger partial charge >= 0.3 is 0 Å². The number of hydrogen-bond donors (Lipinski definition) is 1. The summed E-state index contributed by atoms with van der Waals surface area (Å²) in [6, 6.07) is 11.5. The molecule has 0 aliphatic rings. The summed E-state index contributed by atoms with van der Waals surface area (Å²) in [5.41, 5.74) is 0.964. The molecule has 0 bridgehead atoms. The molecule has 1 amide bonds. The standard InChI is InChI=1S/C18H13Cl2F2N3O2S/c19-11-6-4-10(5-7-11)17-24-15(27-25-17)9-8-14(26)23-13-3-1-2-12(20)16(13)28-18(21)22/h1-7,18H,8-9H2,(H,23,26). The Labute approximate surface area is 173 Å². The maximum absolute atomic E-state index is 12.7. The number of nitrogens with zero attached hydrogens (tertiary/aromatic N) is 2. The fourth-order valence-corrected chi connectivity index (χ4v) is 3.36. The summed E-state index contributed by atoms with van der Waals surface area (Å²) >= 11 is 12.1. The van der Waals surface area contributed by atoms with Gasteiger partial charge in [0.15, 0.2) is 0 Å². The summed E-state index contributed by atoms with van der Waals surface area (Å²) in [6.07, 6.45) is 0.234. The molecule has 0 aliphatic heterocycles. The SMILES string of the molecule is O=C(CCc1nc(-c2ccc(Cl)cc2)no1)Nc1cccc(Cl)c1SC(F)F. The van der Waals surface area contributed by atoms with E-state index in [0.717, 1.165) is 5.56 Å². The molecule has 1 heterocycles. The molecule has 0 saturated carbocycles. The monoisotopic (exact) mass is 443 g/mol. The van der Waals surface area contributed by atoms with Crippen LogP contribution in [-0.2, 0) is 11.2 Å². The Morgan fingerprint density at radius 3 is 2.64 bits per heavy atom. The van der Waals surface area contributed by atoms with Crippen molar-refractivity contribution in [2.45, 2.75) is 23.5 Å². The first-order valence-corrected chi connectivity index (χ1v) is 9.67. The van der Waals surface area contributed by atoms with Crippen molar-refractivity contribution in [3.05, 3.63) is 58.4 Å². The Morgan fingerprint density at radius 2 is 1.93 bits per heavy atom. The molecule has 1 N–H and O–H groups in total. The molecule has 1 aromatic heterocycles. The van der Waals surface area contributed by atoms with Crippen molar-refractivity contribution < 1.29 is 18.1 Å². The van der Waals surface area contributed by atoms with Crippen molar-refractivity contribution in [2.75, 3.05) is 5.32 Å². The zero-order chi connectivity index (χ0) is 20.1. The normalized spacial score (nSPS) is 11.0. The van der Waals surface area contributed by atoms with Crippen LogP contribution in [0.2, 0.25) is 10.0 Å². The number of carbonyl (C=O) groups is 1. The van der Waals surface area contributed by atoms with Gasteiger partial charge in [0.25, 0.3) is 5.76 Å². The molecule has 0 radical (unpaired) electrons. The van der Waals surface area contributed by atoms with Crippen molar-refractivity contribution in [1.82, 2.24) is 10.1 Å². The Morgan fingerprint density at radius 1 is 1.18 bits per heavy atom. The van der Waals surface area contributed by atoms with Gasteiger partial charge in [-0.25, -0.2) is 0 Å². The highest BCUT2D eigenvalue weighted by molar-refractivity contribution is 7.99. The van der Waals surface area contributed by atoms with Gasteiger partial charge in [-0.1, -0.05) is 46.2 Å². The fraction of sp³-hybridized carbons (Fsp3) is 0.167. The first-order valence-electron chi connectivity index (χ1n) is 8.04. The molecule has 3 rings (SSSR count). The van der Waals surface area contributed by atoms with Crippen LogP contribution in [0.3, 0.4) is 0 Å². The summed E-state index contributed by atoms with van der Waals surface area (Å²) in [5, 5.41) is 7.20. The minimum Gasteiger partial charge on any atom is -0.339 e. The molecular formula is C18H13Cl2F2N3O2S. The summed E-state index contributed by atoms with van der Waals surface area (Å²) < 4.78 is 30.6. The van der Waals surface area contributed by atoms with Gasteiger partial charge in [0.2, 0.25) is 17.6 Å². The van der Waals surface area contributed by atoms with Gasteiger partial charge in [-0.3, -0.25) is 4.79 Å². The quantitative estimate of drug-likeness (QED) is 0.458. The minimum absolute atomic E-state index is 0.0353. The third kappa shape index (κ3) is 5.43. The van der Waals surface area contributed by atoms with E-state index in [0.29, 0.717) is 10.8 Å². The third-order valence-electron chi connectivity index (χ3n) is 3.58. The summed E-state index contributed by atoms with van der Waals surface area (Å²) in [7, 11) is 0. The average Bonchev–Trinajstić information content (AvgIpc) is 3.12. The first-order chi connectivity index (χ1) is 13.4. The van der Waals surface area contributed by atoms with Crippen molar-refractivity contribution in [1.29, 1.82) is 0 Å². The number of benzene rings is 2. The van der Waals surface area contributed by atoms with Gasteiger partial charge in [-0.15, -0.1) is 0 Å². The maximum atomic E-state index is 12.7. The number of aromatic nitrogens is 2. The van der Waals surface area contributed by atoms with Crippen LogP contribution >= 0.6 is 35.0 Å². The molecule has 0 fully saturated rings. The van der Waals surface area contributed by atoms with E-state index in [9.17, 15) is 13.6 Å². The predicted octanol–water partition coefficient (Wildman–Crippen LogP) is 5.93. The molecule has 10 heteroatoms. The molecule has 0 aliphatic carbocycles. The van der Waals surface area contributed by atoms with Gasteiger partial charge < -0.3 is 9.84 Å². The van der Waals surface area contributed by atoms with Gasteiger partial charge in [-0.05, 0) is 36.4 Å². The number of nitrogens with one attached hydrogen (secondary N) is 1. The summed E-state index contributed by atoms with van der Waals surface area (Å²) in [5.74, 6) is -2.37. The number of hydrogen-bond acceptors (Lipinski definition) is 5. The van der Waals surface area contributed by atoms with Crippen molar-refractivity contribution in [3.8, 4) is 11.4 Å². The molecule has 0 saturated heterocycles. The van der Waals surface area contributed by atoms with Crippen molar-refractivity contribution in [3.63, 3.8) is 0 Å². The lowest BCUT2D eigenvalue weighted by atomic mass is 10.2. The van der Waals surface area contributed by atoms with Crippen molar-refractivity contribution >= 4 is 46.6 Å². The zero-order valence-electron chi connectivity index (χ0n) is 14.2. The topological polar surface area (TPSA) is 68.0 Å². The number of rotatable bonds is 7. The second kappa shape index (κ2) is 9.36. The van der Waals surface area contributed by atoms with Crippen molar-refractivity contribution in [2.24, 2.45) is 0 Å². The van der Waals surface area contributed by atoms with Gasteiger partial charge in [-0.2, -0.15) is 13.8 Å². The van der Waals surface area contributed by atoms with E-state index in [2.05, 4.69) is 15.5 Å². The number of carbonyl (C=O) groups excluding carboxylic acids is 1. The maximum Gasteiger partial charge on any atom is 0.289 e. The largest absolute Gasteiger partial charge is 0.339 e. The molecular weight excluding hydrogens is 431 g/mol. The average molecular weight is 444 g/mol. The highest BCUT2D eigenvalue weighted by Gasteiger charge is 2.16. The van der Waals surface area contributed by atoms with E-state index in [-0.39, 0.29) is 52.0 Å². The Balaban J connectivity index is 1.61. The van der Waals surface area contributed by atoms with Gasteiger partial charge in [0, 0.05) is 23.4 Å². The fourth-order valence-electron chi connectivity index (χ4n) is 2.32. The zero-order valence-corrected chi connectivity index (χ0v) is 16.5. The number of halogens is 4. The van der Waals surface area contributed by atoms with Crippen LogP contribution in [0.15, 0.2) is 51.9 Å². The molecule has 0 atom stereocenters. The second-order valence-electron chi connectivity index (χ2n) is 5.56. The number of alkyl halides is 2. The van der Waals surface area contributed by atoms with E-state index in [4.69, 9.17) is 27.7 Å². The lowest BCUT2D eigenvalue weighted by Crippen LogP contribution is -2.13. The Kier molecular flexibility index (Phi) is 6.88. The highest BCUT2D eigenvalue weighted by atomic mass is 35.5. The van der Waals surface area contributed by atoms with Crippen LogP contribution < -0.4 is 5.32 Å². The smallest absolute Gasteiger partial charge is 0.289 e. The lowest BCUT2D eigenvalue weighted by molar-refractivity contribution is -0.116. The van der Waals surface area contributed by atoms with E-state index >= 15 is 0 Å². The number of amides is 1. The van der Waals surface area contributed by atoms with Gasteiger partial charge in [0.05, 0.1) is 15.6 Å². The van der Waals surface area contributed by atoms with Crippen LogP contribution in [0.4, 0.5) is 14.5 Å². The summed E-state index contributed by atoms with van der Waals surface area (Å²) in [4.78, 5) is 16.5. The van der Waals surface area contributed by atoms with E-state index in [1.54, 1.807) is 30.3 Å². The number of anilines is 1. The highest BCUT2D eigenvalue weighted by Crippen LogP contribution is 2.37. The molecule has 5 nitrogen and oxygen atoms in total. The third-order valence-corrected chi connectivity index (χ3v) is 5.12. The molecule has 0 unspecified atom stereocenters. The van der Waals surface area contributed by atoms with Crippen LogP contribution in [0.25, 0.3) is 11.4 Å². The Bertz CT molecular complexity index is 968. The molecule has 3 aromatic rings. The minimum atomic E-state index is -2.65. The lowest BCUT2D eigenvalue weighted by Gasteiger charge is -2.11. The van der Waals surface area contributed by atoms with Crippen LogP contribution in [0.1, 0.15) is 12.3 Å². The Hall–Kier alpha value is -2.16. The van der Waals surface area contributed by atoms with E-state index in [1.165, 1.54) is 12.1 Å². The van der Waals surface area contributed by atoms with Crippen LogP contribution in [0.5, 0.6) is 0 Å². The second-order valence-corrected chi connectivity index (χ2v) is 7.41. The summed E-state index contributed by atoms with van der Waals surface area (Å²) in [6.45, 7) is 0. The van der Waals surface area contributed by atoms with E-state index < -0.39 is 5.76 Å². The number of aryl methyl sites for hydroxylation is 1. The number of thioether (sulfide) groups is 1.